The average Bonchev–Trinajstić information content (AvgIpc) is 4.02. The fourth-order valence-corrected chi connectivity index (χ4v) is 12.2. The van der Waals surface area contributed by atoms with Gasteiger partial charge in [0.2, 0.25) is 0 Å². The Morgan fingerprint density at radius 2 is 1.22 bits per heavy atom. The first kappa shape index (κ1) is 42.4. The van der Waals surface area contributed by atoms with Crippen molar-refractivity contribution in [2.75, 3.05) is 4.90 Å². The van der Waals surface area contributed by atoms with E-state index >= 15 is 0 Å². The Morgan fingerprint density at radius 3 is 2.01 bits per heavy atom. The number of anilines is 1. The summed E-state index contributed by atoms with van der Waals surface area (Å²) in [4.78, 5) is 8.42. The van der Waals surface area contributed by atoms with Crippen LogP contribution in [0.1, 0.15) is 78.3 Å². The molecule has 0 saturated carbocycles. The summed E-state index contributed by atoms with van der Waals surface area (Å²) in [6, 6.07) is 66.0. The lowest BCUT2D eigenvalue weighted by Gasteiger charge is -2.37. The van der Waals surface area contributed by atoms with E-state index in [0.29, 0.717) is 0 Å². The molecule has 10 aromatic rings. The highest BCUT2D eigenvalue weighted by Gasteiger charge is 2.34. The number of benzene rings is 8. The van der Waals surface area contributed by atoms with Gasteiger partial charge >= 0.3 is 0 Å². The van der Waals surface area contributed by atoms with Crippen molar-refractivity contribution in [2.45, 2.75) is 52.1 Å². The maximum atomic E-state index is 7.25. The first-order valence-electron chi connectivity index (χ1n) is 25.6. The minimum absolute atomic E-state index is 0.116. The van der Waals surface area contributed by atoms with E-state index in [1.54, 1.807) is 0 Å². The topological polar surface area (TPSA) is 41.9 Å². The highest BCUT2D eigenvalue weighted by atomic mass is 16.3. The number of aryl methyl sites for hydroxylation is 1. The molecule has 4 heterocycles. The van der Waals surface area contributed by atoms with E-state index in [0.717, 1.165) is 105 Å². The number of rotatable bonds is 7. The van der Waals surface area contributed by atoms with Crippen LogP contribution in [-0.2, 0) is 13.0 Å². The number of dihydropyridines is 1. The maximum Gasteiger partial charge on any atom is 0.143 e. The second-order valence-corrected chi connectivity index (χ2v) is 19.9. The molecule has 4 heteroatoms. The van der Waals surface area contributed by atoms with Crippen molar-refractivity contribution in [3.8, 4) is 33.4 Å². The van der Waals surface area contributed by atoms with Crippen LogP contribution < -0.4 is 4.90 Å². The third kappa shape index (κ3) is 6.92. The number of hydrogen-bond donors (Lipinski definition) is 0. The first-order valence-corrected chi connectivity index (χ1v) is 25.6. The minimum Gasteiger partial charge on any atom is -0.460 e. The largest absolute Gasteiger partial charge is 0.460 e. The highest BCUT2D eigenvalue weighted by molar-refractivity contribution is 6.14. The molecule has 1 unspecified atom stereocenters. The van der Waals surface area contributed by atoms with Crippen molar-refractivity contribution in [1.29, 1.82) is 0 Å². The number of aliphatic imine (C=N–C) groups is 1. The van der Waals surface area contributed by atoms with E-state index in [1.165, 1.54) is 66.9 Å². The van der Waals surface area contributed by atoms with Crippen LogP contribution >= 0.6 is 0 Å². The van der Waals surface area contributed by atoms with Crippen LogP contribution in [0, 0.1) is 5.92 Å². The minimum atomic E-state index is -0.266. The van der Waals surface area contributed by atoms with Crippen LogP contribution in [-0.4, -0.2) is 5.71 Å². The summed E-state index contributed by atoms with van der Waals surface area (Å²) < 4.78 is 14.0. The smallest absolute Gasteiger partial charge is 0.143 e. The molecule has 0 spiro atoms. The zero-order valence-electron chi connectivity index (χ0n) is 40.5. The van der Waals surface area contributed by atoms with Gasteiger partial charge in [-0.15, -0.1) is 0 Å². The van der Waals surface area contributed by atoms with Gasteiger partial charge in [-0.05, 0) is 100 Å². The van der Waals surface area contributed by atoms with Crippen LogP contribution in [0.15, 0.2) is 225 Å². The average molecular weight is 929 g/mol. The van der Waals surface area contributed by atoms with Gasteiger partial charge in [-0.3, -0.25) is 4.99 Å². The van der Waals surface area contributed by atoms with Crippen molar-refractivity contribution in [2.24, 2.45) is 10.9 Å². The number of furan rings is 2. The quantitative estimate of drug-likeness (QED) is 0.160. The molecule has 2 atom stereocenters. The Hall–Kier alpha value is -8.47. The predicted octanol–water partition coefficient (Wildman–Crippen LogP) is 18.0. The zero-order valence-corrected chi connectivity index (χ0v) is 40.5. The van der Waals surface area contributed by atoms with Gasteiger partial charge in [0, 0.05) is 69.1 Å². The number of nitrogens with zero attached hydrogens (tertiary/aromatic N) is 2. The van der Waals surface area contributed by atoms with E-state index in [4.69, 9.17) is 13.8 Å². The molecule has 0 N–H and O–H groups in total. The molecule has 72 heavy (non-hydrogen) atoms. The van der Waals surface area contributed by atoms with Gasteiger partial charge in [-0.25, -0.2) is 0 Å². The number of allylic oxidation sites excluding steroid dienone is 6. The zero-order chi connectivity index (χ0) is 47.9. The summed E-state index contributed by atoms with van der Waals surface area (Å²) in [5.41, 5.74) is 24.5. The lowest BCUT2D eigenvalue weighted by atomic mass is 9.78. The molecule has 0 radical (unpaired) electrons. The molecule has 0 amide bonds. The van der Waals surface area contributed by atoms with Crippen LogP contribution in [0.5, 0.6) is 0 Å². The molecule has 14 rings (SSSR count). The van der Waals surface area contributed by atoms with E-state index in [9.17, 15) is 0 Å². The Kier molecular flexibility index (Phi) is 10.1. The van der Waals surface area contributed by atoms with Crippen molar-refractivity contribution in [3.05, 3.63) is 251 Å². The maximum absolute atomic E-state index is 7.25. The third-order valence-electron chi connectivity index (χ3n) is 15.9. The van der Waals surface area contributed by atoms with Gasteiger partial charge in [-0.1, -0.05) is 195 Å². The number of para-hydroxylation sites is 1. The second-order valence-electron chi connectivity index (χ2n) is 19.9. The van der Waals surface area contributed by atoms with E-state index in [1.807, 2.05) is 0 Å². The lowest BCUT2D eigenvalue weighted by Crippen LogP contribution is -2.28. The van der Waals surface area contributed by atoms with Crippen LogP contribution in [0.3, 0.4) is 0 Å². The number of fused-ring (bicyclic) bond motifs is 8. The second kappa shape index (κ2) is 17.1. The normalized spacial score (nSPS) is 17.4. The molecule has 4 aliphatic rings. The van der Waals surface area contributed by atoms with Gasteiger partial charge in [0.1, 0.15) is 28.6 Å². The van der Waals surface area contributed by atoms with Crippen LogP contribution in [0.25, 0.3) is 83.5 Å². The van der Waals surface area contributed by atoms with Crippen molar-refractivity contribution < 1.29 is 8.83 Å². The summed E-state index contributed by atoms with van der Waals surface area (Å²) >= 11 is 0. The third-order valence-corrected chi connectivity index (χ3v) is 15.9. The SMILES string of the molecule is CC1=C(c2ccccc2)[C@H](c2cccc3oc4c(-c5cc6c7c(oc6cc5N5Cc6ccc(-c8ccccc8)cc6C6=C5CCC=C6)CCC=C7)cccc4c23)N=C(c2ccc(-c3ccccc3)cc2)C1C. The van der Waals surface area contributed by atoms with Gasteiger partial charge in [0.15, 0.2) is 0 Å². The lowest BCUT2D eigenvalue weighted by molar-refractivity contribution is 0.546. The summed E-state index contributed by atoms with van der Waals surface area (Å²) in [5.74, 6) is 1.18. The van der Waals surface area contributed by atoms with E-state index < -0.39 is 0 Å². The van der Waals surface area contributed by atoms with Crippen LogP contribution in [0.4, 0.5) is 5.69 Å². The van der Waals surface area contributed by atoms with E-state index in [-0.39, 0.29) is 12.0 Å². The van der Waals surface area contributed by atoms with Crippen molar-refractivity contribution in [1.82, 2.24) is 0 Å². The molecular formula is C68H52N2O2. The summed E-state index contributed by atoms with van der Waals surface area (Å²) in [5, 5.41) is 3.33. The predicted molar refractivity (Wildman–Crippen MR) is 299 cm³/mol. The molecule has 0 bridgehead atoms. The Morgan fingerprint density at radius 1 is 0.542 bits per heavy atom. The van der Waals surface area contributed by atoms with E-state index in [2.05, 4.69) is 225 Å². The van der Waals surface area contributed by atoms with Gasteiger partial charge in [-0.2, -0.15) is 0 Å². The van der Waals surface area contributed by atoms with Gasteiger partial charge in [0.05, 0.1) is 11.4 Å². The number of hydrogen-bond acceptors (Lipinski definition) is 4. The molecule has 2 aromatic heterocycles. The van der Waals surface area contributed by atoms with Crippen molar-refractivity contribution >= 4 is 61.5 Å². The van der Waals surface area contributed by atoms with Crippen molar-refractivity contribution in [3.63, 3.8) is 0 Å². The summed E-state index contributed by atoms with van der Waals surface area (Å²) in [7, 11) is 0. The Bertz CT molecular complexity index is 3960. The monoisotopic (exact) mass is 928 g/mol. The summed E-state index contributed by atoms with van der Waals surface area (Å²) in [6.45, 7) is 5.37. The first-order chi connectivity index (χ1) is 35.5. The Balaban J connectivity index is 0.954. The fourth-order valence-electron chi connectivity index (χ4n) is 12.2. The van der Waals surface area contributed by atoms with Gasteiger partial charge in [0.25, 0.3) is 0 Å². The molecule has 0 fully saturated rings. The molecular weight excluding hydrogens is 877 g/mol. The molecule has 8 aromatic carbocycles. The molecule has 4 nitrogen and oxygen atoms in total. The highest BCUT2D eigenvalue weighted by Crippen LogP contribution is 2.51. The summed E-state index contributed by atoms with van der Waals surface area (Å²) in [6.07, 6.45) is 13.1. The molecule has 0 saturated heterocycles. The molecule has 2 aliphatic heterocycles. The molecule has 346 valence electrons. The standard InChI is InChI=1S/C68H52N2O2/c1-42-43(2)66(48-34-32-46(33-35-48)44-18-6-3-7-19-44)69-67(64(42)47-22-10-5-11-23-47)54-27-17-31-62-65(54)55-28-16-26-53(68(55)72-62)57-39-58-52-25-13-15-30-61(52)71-63(58)40-60(57)70-41-50-37-36-49(45-20-8-4-9-21-45)38-56(50)51-24-12-14-29-59(51)70/h3-13,16-28,31-40,43,67H,14-15,29-30,41H2,1-2H3/t43?,67-/m0/s1. The molecule has 2 aliphatic carbocycles. The van der Waals surface area contributed by atoms with Crippen LogP contribution in [0.2, 0.25) is 0 Å². The fraction of sp³-hybridized carbons (Fsp3) is 0.132. The Labute approximate surface area is 420 Å². The van der Waals surface area contributed by atoms with Gasteiger partial charge < -0.3 is 13.7 Å².